The fourth-order valence-corrected chi connectivity index (χ4v) is 3.27. The lowest BCUT2D eigenvalue weighted by molar-refractivity contribution is 0.0779. The van der Waals surface area contributed by atoms with Crippen LogP contribution in [0.2, 0.25) is 0 Å². The van der Waals surface area contributed by atoms with Crippen LogP contribution in [0, 0.1) is 0 Å². The summed E-state index contributed by atoms with van der Waals surface area (Å²) in [5.74, 6) is 0.668. The smallest absolute Gasteiger partial charge is 0.272 e. The Bertz CT molecular complexity index is 1140. The van der Waals surface area contributed by atoms with Gasteiger partial charge in [-0.3, -0.25) is 9.78 Å². The molecule has 5 nitrogen and oxygen atoms in total. The summed E-state index contributed by atoms with van der Waals surface area (Å²) in [7, 11) is 3.43. The zero-order chi connectivity index (χ0) is 20.2. The number of pyridine rings is 2. The Kier molecular flexibility index (Phi) is 5.20. The van der Waals surface area contributed by atoms with Gasteiger partial charge in [-0.2, -0.15) is 0 Å². The number of rotatable bonds is 5. The van der Waals surface area contributed by atoms with Crippen LogP contribution in [0.15, 0.2) is 79.1 Å². The molecule has 0 saturated heterocycles. The van der Waals surface area contributed by atoms with Gasteiger partial charge in [0.1, 0.15) is 11.4 Å². The number of methoxy groups -OCH3 is 1. The summed E-state index contributed by atoms with van der Waals surface area (Å²) in [4.78, 5) is 23.7. The van der Waals surface area contributed by atoms with E-state index in [1.165, 1.54) is 0 Å². The highest BCUT2D eigenvalue weighted by molar-refractivity contribution is 5.98. The highest BCUT2D eigenvalue weighted by atomic mass is 16.5. The van der Waals surface area contributed by atoms with Crippen molar-refractivity contribution in [3.63, 3.8) is 0 Å². The number of carbonyl (C=O) groups excluding carboxylic acids is 1. The van der Waals surface area contributed by atoms with E-state index in [0.717, 1.165) is 33.3 Å². The molecule has 29 heavy (non-hydrogen) atoms. The van der Waals surface area contributed by atoms with Crippen molar-refractivity contribution in [1.82, 2.24) is 14.9 Å². The van der Waals surface area contributed by atoms with Gasteiger partial charge in [0.15, 0.2) is 0 Å². The minimum absolute atomic E-state index is 0.117. The summed E-state index contributed by atoms with van der Waals surface area (Å²) in [6, 6.07) is 21.3. The van der Waals surface area contributed by atoms with Crippen LogP contribution in [0.5, 0.6) is 5.75 Å². The first-order chi connectivity index (χ1) is 14.2. The Balaban J connectivity index is 1.68. The third-order valence-electron chi connectivity index (χ3n) is 4.83. The summed E-state index contributed by atoms with van der Waals surface area (Å²) in [5.41, 5.74) is 4.09. The van der Waals surface area contributed by atoms with Crippen molar-refractivity contribution in [3.05, 3.63) is 90.4 Å². The summed E-state index contributed by atoms with van der Waals surface area (Å²) >= 11 is 0. The molecule has 0 atom stereocenters. The van der Waals surface area contributed by atoms with Crippen LogP contribution in [0.4, 0.5) is 0 Å². The van der Waals surface area contributed by atoms with E-state index in [4.69, 9.17) is 9.72 Å². The van der Waals surface area contributed by atoms with Gasteiger partial charge in [-0.05, 0) is 35.4 Å². The Morgan fingerprint density at radius 3 is 2.45 bits per heavy atom. The molecule has 0 radical (unpaired) electrons. The van der Waals surface area contributed by atoms with Crippen LogP contribution in [0.3, 0.4) is 0 Å². The normalized spacial score (nSPS) is 10.7. The van der Waals surface area contributed by atoms with Crippen molar-refractivity contribution in [3.8, 4) is 16.9 Å². The summed E-state index contributed by atoms with van der Waals surface area (Å²) in [6.45, 7) is 0.529. The average molecular weight is 383 g/mol. The van der Waals surface area contributed by atoms with Crippen LogP contribution in [-0.2, 0) is 6.54 Å². The number of carbonyl (C=O) groups is 1. The molecule has 2 aromatic carbocycles. The molecule has 2 heterocycles. The lowest BCUT2D eigenvalue weighted by Gasteiger charge is -2.17. The van der Waals surface area contributed by atoms with Gasteiger partial charge in [-0.1, -0.05) is 42.5 Å². The van der Waals surface area contributed by atoms with E-state index < -0.39 is 0 Å². The SMILES string of the molecule is COc1ccc(-c2cncc3ccc(C(=O)N(C)Cc4ccccc4)nc23)cc1. The molecule has 0 fully saturated rings. The fourth-order valence-electron chi connectivity index (χ4n) is 3.27. The van der Waals surface area contributed by atoms with E-state index in [2.05, 4.69) is 4.98 Å². The average Bonchev–Trinajstić information content (AvgIpc) is 2.78. The van der Waals surface area contributed by atoms with Crippen molar-refractivity contribution in [2.24, 2.45) is 0 Å². The van der Waals surface area contributed by atoms with Crippen LogP contribution < -0.4 is 4.74 Å². The fraction of sp³-hybridized carbons (Fsp3) is 0.125. The Hall–Kier alpha value is -3.73. The van der Waals surface area contributed by atoms with E-state index in [1.54, 1.807) is 37.5 Å². The lowest BCUT2D eigenvalue weighted by Crippen LogP contribution is -2.27. The molecule has 144 valence electrons. The summed E-state index contributed by atoms with van der Waals surface area (Å²) in [6.07, 6.45) is 3.54. The third-order valence-corrected chi connectivity index (χ3v) is 4.83. The monoisotopic (exact) mass is 383 g/mol. The van der Waals surface area contributed by atoms with Gasteiger partial charge >= 0.3 is 0 Å². The van der Waals surface area contributed by atoms with Gasteiger partial charge in [0.25, 0.3) is 5.91 Å². The van der Waals surface area contributed by atoms with Gasteiger partial charge in [0.2, 0.25) is 0 Å². The molecule has 0 N–H and O–H groups in total. The Morgan fingerprint density at radius 2 is 1.72 bits per heavy atom. The first kappa shape index (κ1) is 18.6. The molecule has 4 rings (SSSR count). The predicted octanol–water partition coefficient (Wildman–Crippen LogP) is 4.58. The van der Waals surface area contributed by atoms with Gasteiger partial charge in [-0.15, -0.1) is 0 Å². The molecule has 0 aliphatic heterocycles. The maximum Gasteiger partial charge on any atom is 0.272 e. The number of nitrogens with zero attached hydrogens (tertiary/aromatic N) is 3. The van der Waals surface area contributed by atoms with E-state index in [1.807, 2.05) is 60.7 Å². The molecule has 0 unspecified atom stereocenters. The second-order valence-electron chi connectivity index (χ2n) is 6.83. The van der Waals surface area contributed by atoms with E-state index in [-0.39, 0.29) is 5.91 Å². The molecular formula is C24H21N3O2. The van der Waals surface area contributed by atoms with Gasteiger partial charge < -0.3 is 9.64 Å². The number of aromatic nitrogens is 2. The quantitative estimate of drug-likeness (QED) is 0.506. The van der Waals surface area contributed by atoms with Crippen molar-refractivity contribution < 1.29 is 9.53 Å². The minimum Gasteiger partial charge on any atom is -0.497 e. The summed E-state index contributed by atoms with van der Waals surface area (Å²) in [5, 5.41) is 0.889. The van der Waals surface area contributed by atoms with Crippen LogP contribution in [0.1, 0.15) is 16.1 Å². The van der Waals surface area contributed by atoms with Crippen molar-refractivity contribution >= 4 is 16.8 Å². The zero-order valence-electron chi connectivity index (χ0n) is 16.4. The second-order valence-corrected chi connectivity index (χ2v) is 6.83. The highest BCUT2D eigenvalue weighted by Gasteiger charge is 2.16. The molecule has 5 heteroatoms. The van der Waals surface area contributed by atoms with E-state index in [9.17, 15) is 4.79 Å². The summed E-state index contributed by atoms with van der Waals surface area (Å²) < 4.78 is 5.24. The van der Waals surface area contributed by atoms with Crippen LogP contribution >= 0.6 is 0 Å². The molecule has 0 spiro atoms. The van der Waals surface area contributed by atoms with Gasteiger partial charge in [0, 0.05) is 36.9 Å². The number of ether oxygens (including phenoxy) is 1. The topological polar surface area (TPSA) is 55.3 Å². The molecule has 0 saturated carbocycles. The number of hydrogen-bond acceptors (Lipinski definition) is 4. The third kappa shape index (κ3) is 3.94. The molecule has 1 amide bonds. The van der Waals surface area contributed by atoms with E-state index >= 15 is 0 Å². The molecule has 0 aliphatic rings. The Labute approximate surface area is 169 Å². The number of amides is 1. The van der Waals surface area contributed by atoms with Crippen molar-refractivity contribution in [1.29, 1.82) is 0 Å². The standard InChI is InChI=1S/C24H21N3O2/c1-27(16-17-6-4-3-5-7-17)24(28)22-13-10-19-14-25-15-21(23(19)26-22)18-8-11-20(29-2)12-9-18/h3-15H,16H2,1-2H3. The predicted molar refractivity (Wildman–Crippen MR) is 114 cm³/mol. The Morgan fingerprint density at radius 1 is 0.966 bits per heavy atom. The first-order valence-corrected chi connectivity index (χ1v) is 9.34. The zero-order valence-corrected chi connectivity index (χ0v) is 16.4. The van der Waals surface area contributed by atoms with Crippen LogP contribution in [-0.4, -0.2) is 34.9 Å². The first-order valence-electron chi connectivity index (χ1n) is 9.34. The number of hydrogen-bond donors (Lipinski definition) is 0. The van der Waals surface area contributed by atoms with Crippen molar-refractivity contribution in [2.75, 3.05) is 14.2 Å². The van der Waals surface area contributed by atoms with Gasteiger partial charge in [-0.25, -0.2) is 4.98 Å². The van der Waals surface area contributed by atoms with E-state index in [0.29, 0.717) is 12.2 Å². The van der Waals surface area contributed by atoms with Crippen molar-refractivity contribution in [2.45, 2.75) is 6.54 Å². The second kappa shape index (κ2) is 8.10. The van der Waals surface area contributed by atoms with Crippen LogP contribution in [0.25, 0.3) is 22.0 Å². The maximum atomic E-state index is 13.0. The molecular weight excluding hydrogens is 362 g/mol. The number of fused-ring (bicyclic) bond motifs is 1. The largest absolute Gasteiger partial charge is 0.497 e. The molecule has 0 aliphatic carbocycles. The highest BCUT2D eigenvalue weighted by Crippen LogP contribution is 2.28. The molecule has 2 aromatic heterocycles. The lowest BCUT2D eigenvalue weighted by atomic mass is 10.0. The minimum atomic E-state index is -0.117. The molecule has 0 bridgehead atoms. The number of benzene rings is 2. The van der Waals surface area contributed by atoms with Gasteiger partial charge in [0.05, 0.1) is 12.6 Å². The molecule has 4 aromatic rings. The maximum absolute atomic E-state index is 13.0.